The van der Waals surface area contributed by atoms with Gasteiger partial charge in [-0.3, -0.25) is 4.79 Å². The highest BCUT2D eigenvalue weighted by Crippen LogP contribution is 2.62. The maximum absolute atomic E-state index is 14.6. The lowest BCUT2D eigenvalue weighted by molar-refractivity contribution is -0.152. The monoisotopic (exact) mass is 514 g/mol. The summed E-state index contributed by atoms with van der Waals surface area (Å²) in [4.78, 5) is 12.5. The molecule has 2 aromatic rings. The van der Waals surface area contributed by atoms with Gasteiger partial charge in [0.15, 0.2) is 0 Å². The summed E-state index contributed by atoms with van der Waals surface area (Å²) < 4.78 is 40.3. The Kier molecular flexibility index (Phi) is 11.4. The molecule has 37 heavy (non-hydrogen) atoms. The minimum atomic E-state index is -3.06. The molecule has 0 saturated heterocycles. The van der Waals surface area contributed by atoms with E-state index in [1.807, 2.05) is 36.4 Å². The van der Waals surface area contributed by atoms with Crippen LogP contribution >= 0.6 is 0 Å². The highest BCUT2D eigenvalue weighted by atomic mass is 19.3. The summed E-state index contributed by atoms with van der Waals surface area (Å²) in [6.07, 6.45) is 12.0. The van der Waals surface area contributed by atoms with Gasteiger partial charge >= 0.3 is 5.97 Å². The Bertz CT molecular complexity index is 940. The number of carbonyl (C=O) groups excluding carboxylic acids is 1. The third-order valence-electron chi connectivity index (χ3n) is 7.31. The van der Waals surface area contributed by atoms with Crippen LogP contribution in [0.15, 0.2) is 48.5 Å². The van der Waals surface area contributed by atoms with Crippen LogP contribution in [0.3, 0.4) is 0 Å². The number of unbranched alkanes of at least 4 members (excludes halogenated alkanes) is 8. The number of hydrogen-bond donors (Lipinski definition) is 0. The second kappa shape index (κ2) is 14.5. The molecule has 1 aliphatic carbocycles. The Morgan fingerprint density at radius 2 is 1.35 bits per heavy atom. The summed E-state index contributed by atoms with van der Waals surface area (Å²) in [5.74, 6) is -5.50. The van der Waals surface area contributed by atoms with Crippen LogP contribution in [0.2, 0.25) is 0 Å². The minimum Gasteiger partial charge on any atom is -0.494 e. The molecule has 3 atom stereocenters. The third-order valence-corrected chi connectivity index (χ3v) is 7.31. The topological polar surface area (TPSA) is 35.5 Å². The molecule has 2 aromatic carbocycles. The molecule has 3 rings (SSSR count). The zero-order chi connectivity index (χ0) is 26.7. The Balaban J connectivity index is 1.48. The zero-order valence-corrected chi connectivity index (χ0v) is 22.8. The van der Waals surface area contributed by atoms with Gasteiger partial charge in [-0.15, -0.1) is 0 Å². The van der Waals surface area contributed by atoms with Crippen molar-refractivity contribution in [3.8, 4) is 16.9 Å². The maximum Gasteiger partial charge on any atom is 0.316 e. The number of hydrogen-bond acceptors (Lipinski definition) is 3. The van der Waals surface area contributed by atoms with Crippen molar-refractivity contribution in [2.24, 2.45) is 5.92 Å². The van der Waals surface area contributed by atoms with Crippen LogP contribution in [0.4, 0.5) is 8.78 Å². The van der Waals surface area contributed by atoms with E-state index in [4.69, 9.17) is 9.47 Å². The van der Waals surface area contributed by atoms with Crippen molar-refractivity contribution in [2.45, 2.75) is 109 Å². The lowest BCUT2D eigenvalue weighted by Gasteiger charge is -2.13. The van der Waals surface area contributed by atoms with Crippen LogP contribution in [0, 0.1) is 5.92 Å². The summed E-state index contributed by atoms with van der Waals surface area (Å²) in [6.45, 7) is 6.86. The molecule has 1 aliphatic rings. The van der Waals surface area contributed by atoms with Gasteiger partial charge in [0.2, 0.25) is 0 Å². The molecule has 0 N–H and O–H groups in total. The third kappa shape index (κ3) is 8.55. The van der Waals surface area contributed by atoms with E-state index < -0.39 is 23.7 Å². The van der Waals surface area contributed by atoms with Crippen molar-refractivity contribution in [1.82, 2.24) is 0 Å². The second-order valence-corrected chi connectivity index (χ2v) is 10.5. The molecule has 3 nitrogen and oxygen atoms in total. The van der Waals surface area contributed by atoms with E-state index in [1.165, 1.54) is 32.1 Å². The number of rotatable bonds is 17. The molecule has 2 unspecified atom stereocenters. The van der Waals surface area contributed by atoms with Crippen molar-refractivity contribution in [3.05, 3.63) is 54.1 Å². The Hall–Kier alpha value is -2.43. The molecule has 204 valence electrons. The molecule has 0 aromatic heterocycles. The summed E-state index contributed by atoms with van der Waals surface area (Å²) in [7, 11) is 0. The molecule has 0 heterocycles. The van der Waals surface area contributed by atoms with E-state index in [9.17, 15) is 13.6 Å². The predicted molar refractivity (Wildman–Crippen MR) is 146 cm³/mol. The van der Waals surface area contributed by atoms with Crippen LogP contribution in [0.5, 0.6) is 5.75 Å². The van der Waals surface area contributed by atoms with Gasteiger partial charge < -0.3 is 9.47 Å². The fourth-order valence-corrected chi connectivity index (χ4v) is 4.92. The second-order valence-electron chi connectivity index (χ2n) is 10.5. The van der Waals surface area contributed by atoms with E-state index >= 15 is 0 Å². The quantitative estimate of drug-likeness (QED) is 0.156. The van der Waals surface area contributed by atoms with Gasteiger partial charge in [-0.2, -0.15) is 0 Å². The standard InChI is InChI=1S/C32H44F2O3/c1-4-6-8-10-11-13-23-36-28-21-19-26(20-22-28)25-15-17-27(18-16-25)29-30(32(29,33)34)31(35)37-24(3)14-12-9-7-5-2/h15-22,24,29-30H,4-14,23H2,1-3H3/t24?,29?,30-/m0/s1. The van der Waals surface area contributed by atoms with E-state index in [0.717, 1.165) is 55.6 Å². The number of halogens is 2. The first-order valence-electron chi connectivity index (χ1n) is 14.3. The van der Waals surface area contributed by atoms with Gasteiger partial charge in [0.25, 0.3) is 5.92 Å². The number of benzene rings is 2. The number of carbonyl (C=O) groups is 1. The lowest BCUT2D eigenvalue weighted by Crippen LogP contribution is -2.18. The Morgan fingerprint density at radius 3 is 1.97 bits per heavy atom. The van der Waals surface area contributed by atoms with Gasteiger partial charge in [-0.05, 0) is 55.0 Å². The maximum atomic E-state index is 14.6. The van der Waals surface area contributed by atoms with Crippen molar-refractivity contribution in [2.75, 3.05) is 6.61 Å². The van der Waals surface area contributed by atoms with Gasteiger partial charge in [0, 0.05) is 0 Å². The highest BCUT2D eigenvalue weighted by molar-refractivity contribution is 5.80. The van der Waals surface area contributed by atoms with Crippen LogP contribution in [-0.4, -0.2) is 24.6 Å². The van der Waals surface area contributed by atoms with Gasteiger partial charge in [-0.25, -0.2) is 8.78 Å². The zero-order valence-electron chi connectivity index (χ0n) is 22.8. The molecule has 1 saturated carbocycles. The van der Waals surface area contributed by atoms with Crippen LogP contribution in [0.25, 0.3) is 11.1 Å². The van der Waals surface area contributed by atoms with Gasteiger partial charge in [0.05, 0.1) is 18.6 Å². The molecule has 0 radical (unpaired) electrons. The molecule has 0 aliphatic heterocycles. The minimum absolute atomic E-state index is 0.332. The number of ether oxygens (including phenoxy) is 2. The average molecular weight is 515 g/mol. The van der Waals surface area contributed by atoms with Crippen molar-refractivity contribution in [1.29, 1.82) is 0 Å². The van der Waals surface area contributed by atoms with Gasteiger partial charge in [0.1, 0.15) is 11.7 Å². The predicted octanol–water partition coefficient (Wildman–Crippen LogP) is 9.34. The first kappa shape index (κ1) is 29.1. The first-order chi connectivity index (χ1) is 17.9. The van der Waals surface area contributed by atoms with E-state index in [0.29, 0.717) is 12.0 Å². The molecule has 5 heteroatoms. The van der Waals surface area contributed by atoms with Crippen LogP contribution < -0.4 is 4.74 Å². The van der Waals surface area contributed by atoms with Crippen LogP contribution in [-0.2, 0) is 9.53 Å². The Labute approximate surface area is 222 Å². The summed E-state index contributed by atoms with van der Waals surface area (Å²) in [5, 5.41) is 0. The largest absolute Gasteiger partial charge is 0.494 e. The highest BCUT2D eigenvalue weighted by Gasteiger charge is 2.73. The van der Waals surface area contributed by atoms with Crippen LogP contribution in [0.1, 0.15) is 103 Å². The summed E-state index contributed by atoms with van der Waals surface area (Å²) in [6, 6.07) is 15.0. The SMILES string of the molecule is CCCCCCCCOc1ccc(-c2ccc(C3[C@@H](C(=O)OC(C)CCCCCC)C3(F)F)cc2)cc1. The van der Waals surface area contributed by atoms with Gasteiger partial charge in [-0.1, -0.05) is 102 Å². The van der Waals surface area contributed by atoms with Crippen molar-refractivity contribution >= 4 is 5.97 Å². The molecule has 0 amide bonds. The van der Waals surface area contributed by atoms with E-state index in [2.05, 4.69) is 13.8 Å². The fraction of sp³-hybridized carbons (Fsp3) is 0.594. The molecule has 1 fully saturated rings. The molecular formula is C32H44F2O3. The summed E-state index contributed by atoms with van der Waals surface area (Å²) >= 11 is 0. The smallest absolute Gasteiger partial charge is 0.316 e. The van der Waals surface area contributed by atoms with Crippen molar-refractivity contribution in [3.63, 3.8) is 0 Å². The first-order valence-corrected chi connectivity index (χ1v) is 14.3. The molecular weight excluding hydrogens is 470 g/mol. The lowest BCUT2D eigenvalue weighted by atomic mass is 10.0. The van der Waals surface area contributed by atoms with E-state index in [1.54, 1.807) is 19.1 Å². The normalized spacial score (nSPS) is 18.8. The molecule has 0 spiro atoms. The van der Waals surface area contributed by atoms with Crippen molar-refractivity contribution < 1.29 is 23.0 Å². The Morgan fingerprint density at radius 1 is 0.811 bits per heavy atom. The number of esters is 1. The molecule has 0 bridgehead atoms. The average Bonchev–Trinajstić information content (AvgIpc) is 3.48. The number of alkyl halides is 2. The van der Waals surface area contributed by atoms with E-state index in [-0.39, 0.29) is 6.10 Å². The summed E-state index contributed by atoms with van der Waals surface area (Å²) in [5.41, 5.74) is 2.41. The fourth-order valence-electron chi connectivity index (χ4n) is 4.92.